The van der Waals surface area contributed by atoms with Gasteiger partial charge in [0.05, 0.1) is 23.3 Å². The van der Waals surface area contributed by atoms with Crippen molar-refractivity contribution in [2.45, 2.75) is 11.5 Å². The van der Waals surface area contributed by atoms with Gasteiger partial charge in [0.25, 0.3) is 0 Å². The summed E-state index contributed by atoms with van der Waals surface area (Å²) >= 11 is 1.72. The van der Waals surface area contributed by atoms with E-state index in [-0.39, 0.29) is 0 Å². The van der Waals surface area contributed by atoms with Crippen molar-refractivity contribution in [2.24, 2.45) is 0 Å². The normalized spacial score (nSPS) is 9.58. The van der Waals surface area contributed by atoms with Gasteiger partial charge in [-0.15, -0.1) is 0 Å². The van der Waals surface area contributed by atoms with Crippen LogP contribution < -0.4 is 0 Å². The summed E-state index contributed by atoms with van der Waals surface area (Å²) in [5.74, 6) is 1.56. The smallest absolute Gasteiger partial charge is 0.0994 e. The van der Waals surface area contributed by atoms with Crippen LogP contribution in [0.5, 0.6) is 0 Å². The number of nitrogens with zero attached hydrogens (tertiary/aromatic N) is 2. The van der Waals surface area contributed by atoms with Crippen LogP contribution in [0.4, 0.5) is 0 Å². The highest BCUT2D eigenvalue weighted by Crippen LogP contribution is 2.21. The van der Waals surface area contributed by atoms with E-state index < -0.39 is 0 Å². The van der Waals surface area contributed by atoms with E-state index in [0.29, 0.717) is 0 Å². The van der Waals surface area contributed by atoms with Crippen LogP contribution in [0.3, 0.4) is 0 Å². The molecule has 0 spiro atoms. The van der Waals surface area contributed by atoms with Crippen molar-refractivity contribution >= 4 is 11.8 Å². The minimum atomic E-state index is 0.726. The average molecular weight is 264 g/mol. The molecule has 2 nitrogen and oxygen atoms in total. The number of thioether (sulfide) groups is 1. The highest BCUT2D eigenvalue weighted by atomic mass is 32.2. The average Bonchev–Trinajstić information content (AvgIpc) is 2.48. The Bertz CT molecular complexity index is 593. The van der Waals surface area contributed by atoms with Crippen LogP contribution in [-0.2, 0) is 11.5 Å². The van der Waals surface area contributed by atoms with Crippen LogP contribution in [0.1, 0.15) is 22.3 Å². The molecule has 0 saturated heterocycles. The zero-order valence-corrected chi connectivity index (χ0v) is 11.2. The minimum Gasteiger partial charge on any atom is -0.192 e. The van der Waals surface area contributed by atoms with Gasteiger partial charge in [-0.25, -0.2) is 0 Å². The maximum Gasteiger partial charge on any atom is 0.0994 e. The maximum absolute atomic E-state index is 9.01. The molecule has 2 rings (SSSR count). The van der Waals surface area contributed by atoms with Gasteiger partial charge in [-0.3, -0.25) is 0 Å². The van der Waals surface area contributed by atoms with Gasteiger partial charge in [-0.2, -0.15) is 22.3 Å². The SMILES string of the molecule is N#Cc1ccccc1CSCc1ccccc1C#N. The lowest BCUT2D eigenvalue weighted by Crippen LogP contribution is -1.90. The Labute approximate surface area is 117 Å². The fourth-order valence-corrected chi connectivity index (χ4v) is 2.83. The summed E-state index contributed by atoms with van der Waals surface area (Å²) in [7, 11) is 0. The van der Waals surface area contributed by atoms with Gasteiger partial charge in [0, 0.05) is 11.5 Å². The second-order valence-corrected chi connectivity index (χ2v) is 5.02. The first-order valence-electron chi connectivity index (χ1n) is 5.89. The van der Waals surface area contributed by atoms with Gasteiger partial charge in [-0.05, 0) is 23.3 Å². The standard InChI is InChI=1S/C16H12N2S/c17-9-13-5-1-3-7-15(13)11-19-12-16-8-4-2-6-14(16)10-18/h1-8H,11-12H2. The number of nitriles is 2. The number of hydrogen-bond donors (Lipinski definition) is 0. The van der Waals surface area contributed by atoms with Crippen LogP contribution >= 0.6 is 11.8 Å². The Kier molecular flexibility index (Phi) is 4.61. The van der Waals surface area contributed by atoms with Crippen LogP contribution in [0, 0.1) is 22.7 Å². The van der Waals surface area contributed by atoms with Crippen molar-refractivity contribution in [1.82, 2.24) is 0 Å². The van der Waals surface area contributed by atoms with Crippen LogP contribution in [-0.4, -0.2) is 0 Å². The first-order chi connectivity index (χ1) is 9.35. The first-order valence-corrected chi connectivity index (χ1v) is 7.04. The van der Waals surface area contributed by atoms with E-state index in [2.05, 4.69) is 12.1 Å². The molecule has 0 aliphatic rings. The van der Waals surface area contributed by atoms with E-state index in [1.54, 1.807) is 11.8 Å². The third kappa shape index (κ3) is 3.37. The van der Waals surface area contributed by atoms with Crippen molar-refractivity contribution in [3.8, 4) is 12.1 Å². The van der Waals surface area contributed by atoms with E-state index >= 15 is 0 Å². The Morgan fingerprint density at radius 2 is 1.16 bits per heavy atom. The zero-order chi connectivity index (χ0) is 13.5. The van der Waals surface area contributed by atoms with Gasteiger partial charge in [0.1, 0.15) is 0 Å². The predicted molar refractivity (Wildman–Crippen MR) is 77.3 cm³/mol. The Balaban J connectivity index is 2.01. The molecule has 0 radical (unpaired) electrons. The largest absolute Gasteiger partial charge is 0.192 e. The Morgan fingerprint density at radius 3 is 1.58 bits per heavy atom. The molecule has 3 heteroatoms. The van der Waals surface area contributed by atoms with E-state index in [9.17, 15) is 0 Å². The van der Waals surface area contributed by atoms with E-state index in [4.69, 9.17) is 10.5 Å². The van der Waals surface area contributed by atoms with E-state index in [1.165, 1.54) is 0 Å². The highest BCUT2D eigenvalue weighted by molar-refractivity contribution is 7.97. The van der Waals surface area contributed by atoms with E-state index in [1.807, 2.05) is 48.5 Å². The molecule has 0 fully saturated rings. The summed E-state index contributed by atoms with van der Waals surface area (Å²) in [5.41, 5.74) is 3.54. The molecular weight excluding hydrogens is 252 g/mol. The molecule has 0 aliphatic heterocycles. The summed E-state index contributed by atoms with van der Waals surface area (Å²) in [5, 5.41) is 18.0. The number of rotatable bonds is 4. The molecule has 0 heterocycles. The first kappa shape index (κ1) is 13.2. The molecule has 92 valence electrons. The quantitative estimate of drug-likeness (QED) is 0.842. The zero-order valence-electron chi connectivity index (χ0n) is 10.3. The van der Waals surface area contributed by atoms with Crippen molar-refractivity contribution in [2.75, 3.05) is 0 Å². The summed E-state index contributed by atoms with van der Waals surface area (Å²) in [4.78, 5) is 0. The molecule has 19 heavy (non-hydrogen) atoms. The molecule has 0 aromatic heterocycles. The van der Waals surface area contributed by atoms with Crippen LogP contribution in [0.2, 0.25) is 0 Å². The van der Waals surface area contributed by atoms with Gasteiger partial charge >= 0.3 is 0 Å². The minimum absolute atomic E-state index is 0.726. The molecule has 0 saturated carbocycles. The lowest BCUT2D eigenvalue weighted by molar-refractivity contribution is 1.32. The number of hydrogen-bond acceptors (Lipinski definition) is 3. The van der Waals surface area contributed by atoms with Crippen molar-refractivity contribution in [3.05, 3.63) is 70.8 Å². The van der Waals surface area contributed by atoms with Crippen molar-refractivity contribution in [1.29, 1.82) is 10.5 Å². The molecule has 0 N–H and O–H groups in total. The second-order valence-electron chi connectivity index (χ2n) is 4.03. The molecule has 0 aliphatic carbocycles. The fraction of sp³-hybridized carbons (Fsp3) is 0.125. The van der Waals surface area contributed by atoms with Gasteiger partial charge < -0.3 is 0 Å². The van der Waals surface area contributed by atoms with Gasteiger partial charge in [-0.1, -0.05) is 36.4 Å². The molecule has 2 aromatic rings. The Morgan fingerprint density at radius 1 is 0.737 bits per heavy atom. The van der Waals surface area contributed by atoms with Crippen molar-refractivity contribution < 1.29 is 0 Å². The third-order valence-electron chi connectivity index (χ3n) is 2.79. The molecule has 0 bridgehead atoms. The fourth-order valence-electron chi connectivity index (χ4n) is 1.78. The molecule has 0 unspecified atom stereocenters. The van der Waals surface area contributed by atoms with Gasteiger partial charge in [0.15, 0.2) is 0 Å². The summed E-state index contributed by atoms with van der Waals surface area (Å²) in [6, 6.07) is 19.6. The topological polar surface area (TPSA) is 47.6 Å². The van der Waals surface area contributed by atoms with Crippen LogP contribution in [0.25, 0.3) is 0 Å². The third-order valence-corrected chi connectivity index (χ3v) is 3.82. The summed E-state index contributed by atoms with van der Waals surface area (Å²) in [6.45, 7) is 0. The lowest BCUT2D eigenvalue weighted by atomic mass is 10.1. The lowest BCUT2D eigenvalue weighted by Gasteiger charge is -2.05. The van der Waals surface area contributed by atoms with Crippen molar-refractivity contribution in [3.63, 3.8) is 0 Å². The maximum atomic E-state index is 9.01. The second kappa shape index (κ2) is 6.64. The number of benzene rings is 2. The molecule has 0 atom stereocenters. The summed E-state index contributed by atoms with van der Waals surface area (Å²) in [6.07, 6.45) is 0. The monoisotopic (exact) mass is 264 g/mol. The highest BCUT2D eigenvalue weighted by Gasteiger charge is 2.03. The molecule has 2 aromatic carbocycles. The molecular formula is C16H12N2S. The van der Waals surface area contributed by atoms with Crippen LogP contribution in [0.15, 0.2) is 48.5 Å². The molecule has 0 amide bonds. The Hall–Kier alpha value is -2.23. The van der Waals surface area contributed by atoms with E-state index in [0.717, 1.165) is 33.8 Å². The van der Waals surface area contributed by atoms with Gasteiger partial charge in [0.2, 0.25) is 0 Å². The predicted octanol–water partition coefficient (Wildman–Crippen LogP) is 3.86. The summed E-state index contributed by atoms with van der Waals surface area (Å²) < 4.78 is 0.